The normalized spacial score (nSPS) is 16.3. The van der Waals surface area contributed by atoms with Crippen molar-refractivity contribution in [3.8, 4) is 11.3 Å². The Balaban J connectivity index is 1.66. The number of hydrogen-bond donors (Lipinski definition) is 0. The molecule has 2 aromatic rings. The summed E-state index contributed by atoms with van der Waals surface area (Å²) in [6.07, 6.45) is 6.10. The molecule has 0 saturated carbocycles. The number of nitrogens with zero attached hydrogens (tertiary/aromatic N) is 3. The summed E-state index contributed by atoms with van der Waals surface area (Å²) in [6, 6.07) is 8.08. The summed E-state index contributed by atoms with van der Waals surface area (Å²) in [5.74, 6) is 0.663. The lowest BCUT2D eigenvalue weighted by molar-refractivity contribution is 0.313. The van der Waals surface area contributed by atoms with Crippen LogP contribution in [-0.2, 0) is 10.0 Å². The van der Waals surface area contributed by atoms with Crippen LogP contribution in [0.4, 0.5) is 4.39 Å². The van der Waals surface area contributed by atoms with E-state index in [0.29, 0.717) is 55.9 Å². The highest BCUT2D eigenvalue weighted by Gasteiger charge is 2.29. The minimum Gasteiger partial charge on any atom is -0.241 e. The van der Waals surface area contributed by atoms with Crippen molar-refractivity contribution in [3.05, 3.63) is 60.8 Å². The predicted molar refractivity (Wildman–Crippen MR) is 104 cm³/mol. The van der Waals surface area contributed by atoms with Crippen LogP contribution in [0.1, 0.15) is 37.4 Å². The number of unbranched alkanes of at least 4 members (excludes halogenated alkanes) is 1. The second-order valence-corrected chi connectivity index (χ2v) is 8.82. The van der Waals surface area contributed by atoms with Gasteiger partial charge in [0.1, 0.15) is 11.6 Å². The maximum Gasteiger partial charge on any atom is 0.214 e. The maximum absolute atomic E-state index is 13.5. The smallest absolute Gasteiger partial charge is 0.214 e. The minimum atomic E-state index is -3.21. The molecule has 1 aromatic heterocycles. The quantitative estimate of drug-likeness (QED) is 0.534. The molecule has 0 N–H and O–H groups in total. The number of allylic oxidation sites excluding steroid dienone is 1. The van der Waals surface area contributed by atoms with E-state index in [4.69, 9.17) is 0 Å². The van der Waals surface area contributed by atoms with Gasteiger partial charge in [0.2, 0.25) is 10.0 Å². The topological polar surface area (TPSA) is 63.2 Å². The number of benzene rings is 1. The lowest BCUT2D eigenvalue weighted by atomic mass is 9.97. The van der Waals surface area contributed by atoms with E-state index < -0.39 is 10.0 Å². The molecular weight excluding hydrogens is 365 g/mol. The van der Waals surface area contributed by atoms with Crippen LogP contribution in [0.2, 0.25) is 0 Å². The Morgan fingerprint density at radius 2 is 2.04 bits per heavy atom. The first-order valence-electron chi connectivity index (χ1n) is 9.17. The molecule has 0 aliphatic carbocycles. The third-order valence-electron chi connectivity index (χ3n) is 4.82. The van der Waals surface area contributed by atoms with E-state index in [1.807, 2.05) is 6.07 Å². The van der Waals surface area contributed by atoms with Gasteiger partial charge in [-0.3, -0.25) is 0 Å². The average molecular weight is 389 g/mol. The van der Waals surface area contributed by atoms with Gasteiger partial charge >= 0.3 is 0 Å². The summed E-state index contributed by atoms with van der Waals surface area (Å²) in [5, 5.41) is 0. The Morgan fingerprint density at radius 3 is 2.74 bits per heavy atom. The van der Waals surface area contributed by atoms with E-state index in [0.717, 1.165) is 0 Å². The Hall–Kier alpha value is -2.12. The van der Waals surface area contributed by atoms with Crippen LogP contribution in [-0.4, -0.2) is 41.5 Å². The van der Waals surface area contributed by atoms with Crippen molar-refractivity contribution >= 4 is 10.0 Å². The molecule has 0 bridgehead atoms. The van der Waals surface area contributed by atoms with Crippen molar-refractivity contribution in [1.29, 1.82) is 0 Å². The molecule has 7 heteroatoms. The Bertz CT molecular complexity index is 894. The Morgan fingerprint density at radius 1 is 1.26 bits per heavy atom. The van der Waals surface area contributed by atoms with E-state index in [1.54, 1.807) is 28.7 Å². The van der Waals surface area contributed by atoms with Crippen LogP contribution in [0.3, 0.4) is 0 Å². The molecule has 5 nitrogen and oxygen atoms in total. The highest BCUT2D eigenvalue weighted by atomic mass is 32.2. The fraction of sp³-hybridized carbons (Fsp3) is 0.400. The standard InChI is InChI=1S/C20H24FN3O2S/c1-2-3-4-14-27(25,26)24-12-9-16(10-13-24)20-22-11-8-19(23-20)17-6-5-7-18(21)15-17/h2,5-8,11,15-16H,1,3-4,9-10,12-14H2. The molecule has 0 atom stereocenters. The highest BCUT2D eigenvalue weighted by Crippen LogP contribution is 2.28. The largest absolute Gasteiger partial charge is 0.241 e. The maximum atomic E-state index is 13.5. The first kappa shape index (κ1) is 19.6. The van der Waals surface area contributed by atoms with E-state index in [-0.39, 0.29) is 17.5 Å². The van der Waals surface area contributed by atoms with Crippen molar-refractivity contribution < 1.29 is 12.8 Å². The second kappa shape index (κ2) is 8.71. The summed E-state index contributed by atoms with van der Waals surface area (Å²) in [4.78, 5) is 8.97. The number of sulfonamides is 1. The fourth-order valence-electron chi connectivity index (χ4n) is 3.31. The number of piperidine rings is 1. The molecule has 0 spiro atoms. The summed E-state index contributed by atoms with van der Waals surface area (Å²) in [5.41, 5.74) is 1.39. The van der Waals surface area contributed by atoms with Crippen LogP contribution in [0.15, 0.2) is 49.2 Å². The summed E-state index contributed by atoms with van der Waals surface area (Å²) in [7, 11) is -3.21. The van der Waals surface area contributed by atoms with Gasteiger partial charge in [-0.05, 0) is 43.9 Å². The van der Waals surface area contributed by atoms with Gasteiger partial charge in [-0.25, -0.2) is 27.1 Å². The summed E-state index contributed by atoms with van der Waals surface area (Å²) < 4.78 is 39.8. The molecule has 1 fully saturated rings. The third kappa shape index (κ3) is 4.99. The molecule has 3 rings (SSSR count). The van der Waals surface area contributed by atoms with Crippen molar-refractivity contribution in [1.82, 2.24) is 14.3 Å². The van der Waals surface area contributed by atoms with Gasteiger partial charge in [0, 0.05) is 30.8 Å². The van der Waals surface area contributed by atoms with Crippen LogP contribution >= 0.6 is 0 Å². The molecule has 1 aliphatic rings. The molecule has 2 heterocycles. The number of hydrogen-bond acceptors (Lipinski definition) is 4. The average Bonchev–Trinajstić information content (AvgIpc) is 2.68. The van der Waals surface area contributed by atoms with Gasteiger partial charge < -0.3 is 0 Å². The molecular formula is C20H24FN3O2S. The Kier molecular flexibility index (Phi) is 6.34. The molecule has 0 amide bonds. The van der Waals surface area contributed by atoms with Crippen LogP contribution in [0, 0.1) is 5.82 Å². The summed E-state index contributed by atoms with van der Waals surface area (Å²) in [6.45, 7) is 4.59. The van der Waals surface area contributed by atoms with E-state index in [9.17, 15) is 12.8 Å². The van der Waals surface area contributed by atoms with Gasteiger partial charge in [0.15, 0.2) is 0 Å². The van der Waals surface area contributed by atoms with Gasteiger partial charge in [0.25, 0.3) is 0 Å². The second-order valence-electron chi connectivity index (χ2n) is 6.73. The van der Waals surface area contributed by atoms with E-state index >= 15 is 0 Å². The van der Waals surface area contributed by atoms with Crippen molar-refractivity contribution in [2.24, 2.45) is 0 Å². The number of aromatic nitrogens is 2. The molecule has 0 unspecified atom stereocenters. The molecule has 0 radical (unpaired) electrons. The lowest BCUT2D eigenvalue weighted by Gasteiger charge is -2.30. The summed E-state index contributed by atoms with van der Waals surface area (Å²) >= 11 is 0. The zero-order valence-corrected chi connectivity index (χ0v) is 16.0. The van der Waals surface area contributed by atoms with Gasteiger partial charge in [-0.15, -0.1) is 6.58 Å². The molecule has 1 aliphatic heterocycles. The minimum absolute atomic E-state index is 0.109. The van der Waals surface area contributed by atoms with Crippen LogP contribution in [0.25, 0.3) is 11.3 Å². The molecule has 27 heavy (non-hydrogen) atoms. The monoisotopic (exact) mass is 389 g/mol. The predicted octanol–water partition coefficient (Wildman–Crippen LogP) is 3.76. The molecule has 144 valence electrons. The van der Waals surface area contributed by atoms with Gasteiger partial charge in [0.05, 0.1) is 11.4 Å². The number of rotatable bonds is 7. The number of halogens is 1. The molecule has 1 aromatic carbocycles. The van der Waals surface area contributed by atoms with Gasteiger partial charge in [-0.2, -0.15) is 0 Å². The van der Waals surface area contributed by atoms with E-state index in [1.165, 1.54) is 12.1 Å². The SMILES string of the molecule is C=CCCCS(=O)(=O)N1CCC(c2nccc(-c3cccc(F)c3)n2)CC1. The first-order chi connectivity index (χ1) is 13.0. The van der Waals surface area contributed by atoms with Gasteiger partial charge in [-0.1, -0.05) is 18.2 Å². The Labute approximate surface area is 160 Å². The van der Waals surface area contributed by atoms with Crippen molar-refractivity contribution in [2.75, 3.05) is 18.8 Å². The first-order valence-corrected chi connectivity index (χ1v) is 10.8. The fourth-order valence-corrected chi connectivity index (χ4v) is 4.87. The lowest BCUT2D eigenvalue weighted by Crippen LogP contribution is -2.39. The third-order valence-corrected chi connectivity index (χ3v) is 6.77. The highest BCUT2D eigenvalue weighted by molar-refractivity contribution is 7.89. The van der Waals surface area contributed by atoms with Crippen LogP contribution < -0.4 is 0 Å². The van der Waals surface area contributed by atoms with Crippen molar-refractivity contribution in [2.45, 2.75) is 31.6 Å². The van der Waals surface area contributed by atoms with Crippen LogP contribution in [0.5, 0.6) is 0 Å². The zero-order valence-electron chi connectivity index (χ0n) is 15.2. The molecule has 1 saturated heterocycles. The zero-order chi connectivity index (χ0) is 19.3. The van der Waals surface area contributed by atoms with Crippen molar-refractivity contribution in [3.63, 3.8) is 0 Å². The van der Waals surface area contributed by atoms with E-state index in [2.05, 4.69) is 16.5 Å².